The van der Waals surface area contributed by atoms with Crippen molar-refractivity contribution in [3.8, 4) is 11.5 Å². The number of benzene rings is 2. The summed E-state index contributed by atoms with van der Waals surface area (Å²) in [6, 6.07) is 9.46. The van der Waals surface area contributed by atoms with Crippen LogP contribution in [0.3, 0.4) is 0 Å². The van der Waals surface area contributed by atoms with Crippen LogP contribution in [0.15, 0.2) is 41.3 Å². The predicted octanol–water partition coefficient (Wildman–Crippen LogP) is 3.40. The fraction of sp³-hybridized carbons (Fsp3) is 0.391. The smallest absolute Gasteiger partial charge is 0.262 e. The van der Waals surface area contributed by atoms with Crippen molar-refractivity contribution < 1.29 is 27.5 Å². The Bertz CT molecular complexity index is 1080. The zero-order valence-electron chi connectivity index (χ0n) is 18.3. The third-order valence-electron chi connectivity index (χ3n) is 5.34. The number of carbonyl (C=O) groups excluding carboxylic acids is 2. The molecule has 1 heterocycles. The Balaban J connectivity index is 1.72. The molecular formula is C23H28N2O6S. The Labute approximate surface area is 188 Å². The first-order chi connectivity index (χ1) is 15.3. The molecule has 1 aliphatic heterocycles. The molecule has 0 aliphatic carbocycles. The molecule has 172 valence electrons. The van der Waals surface area contributed by atoms with Gasteiger partial charge in [0.15, 0.2) is 18.1 Å². The minimum atomic E-state index is -3.65. The average Bonchev–Trinajstić information content (AvgIpc) is 3.09. The van der Waals surface area contributed by atoms with Crippen LogP contribution in [-0.2, 0) is 14.8 Å². The summed E-state index contributed by atoms with van der Waals surface area (Å²) in [5, 5.41) is 2.68. The number of aldehydes is 1. The Kier molecular flexibility index (Phi) is 7.87. The number of carbonyl (C=O) groups is 2. The molecule has 1 amide bonds. The Morgan fingerprint density at radius 2 is 1.78 bits per heavy atom. The van der Waals surface area contributed by atoms with Crippen molar-refractivity contribution in [2.24, 2.45) is 0 Å². The van der Waals surface area contributed by atoms with E-state index in [2.05, 4.69) is 5.32 Å². The van der Waals surface area contributed by atoms with Crippen molar-refractivity contribution in [1.29, 1.82) is 0 Å². The van der Waals surface area contributed by atoms with Crippen molar-refractivity contribution in [2.75, 3.05) is 32.1 Å². The minimum absolute atomic E-state index is 0.193. The lowest BCUT2D eigenvalue weighted by molar-refractivity contribution is -0.118. The van der Waals surface area contributed by atoms with Gasteiger partial charge < -0.3 is 14.8 Å². The van der Waals surface area contributed by atoms with E-state index < -0.39 is 15.9 Å². The summed E-state index contributed by atoms with van der Waals surface area (Å²) in [7, 11) is -2.19. The van der Waals surface area contributed by atoms with Crippen LogP contribution in [0.4, 0.5) is 5.69 Å². The van der Waals surface area contributed by atoms with Crippen LogP contribution in [0.1, 0.15) is 41.6 Å². The van der Waals surface area contributed by atoms with Crippen molar-refractivity contribution >= 4 is 27.9 Å². The third kappa shape index (κ3) is 5.66. The molecule has 0 bridgehead atoms. The van der Waals surface area contributed by atoms with E-state index in [1.54, 1.807) is 31.2 Å². The van der Waals surface area contributed by atoms with Gasteiger partial charge in [0.1, 0.15) is 6.29 Å². The van der Waals surface area contributed by atoms with E-state index in [4.69, 9.17) is 9.47 Å². The number of aryl methyl sites for hydroxylation is 1. The molecular weight excluding hydrogens is 432 g/mol. The number of nitrogens with one attached hydrogen (secondary N) is 1. The first kappa shape index (κ1) is 23.7. The zero-order valence-corrected chi connectivity index (χ0v) is 19.1. The van der Waals surface area contributed by atoms with Crippen LogP contribution in [0, 0.1) is 6.92 Å². The predicted molar refractivity (Wildman–Crippen MR) is 121 cm³/mol. The number of sulfonamides is 1. The number of anilines is 1. The summed E-state index contributed by atoms with van der Waals surface area (Å²) < 4.78 is 38.6. The number of methoxy groups -OCH3 is 1. The highest BCUT2D eigenvalue weighted by atomic mass is 32.2. The highest BCUT2D eigenvalue weighted by Gasteiger charge is 2.27. The molecule has 0 radical (unpaired) electrons. The maximum absolute atomic E-state index is 13.2. The molecule has 1 saturated heterocycles. The first-order valence-electron chi connectivity index (χ1n) is 10.5. The molecule has 0 spiro atoms. The first-order valence-corrected chi connectivity index (χ1v) is 12.0. The van der Waals surface area contributed by atoms with E-state index in [9.17, 15) is 18.0 Å². The van der Waals surface area contributed by atoms with E-state index in [1.165, 1.54) is 23.5 Å². The molecule has 1 N–H and O–H groups in total. The van der Waals surface area contributed by atoms with E-state index in [1.807, 2.05) is 0 Å². The Hall–Kier alpha value is -2.91. The molecule has 3 rings (SSSR count). The lowest BCUT2D eigenvalue weighted by Gasteiger charge is -2.21. The van der Waals surface area contributed by atoms with Crippen molar-refractivity contribution in [3.63, 3.8) is 0 Å². The normalized spacial score (nSPS) is 14.9. The van der Waals surface area contributed by atoms with Gasteiger partial charge in [-0.1, -0.05) is 18.9 Å². The number of rotatable bonds is 8. The van der Waals surface area contributed by atoms with Gasteiger partial charge in [-0.3, -0.25) is 9.59 Å². The summed E-state index contributed by atoms with van der Waals surface area (Å²) in [5.74, 6) is 0.190. The van der Waals surface area contributed by atoms with Gasteiger partial charge in [0, 0.05) is 24.3 Å². The van der Waals surface area contributed by atoms with E-state index in [0.29, 0.717) is 41.9 Å². The topological polar surface area (TPSA) is 102 Å². The van der Waals surface area contributed by atoms with Crippen LogP contribution in [0.5, 0.6) is 11.5 Å². The van der Waals surface area contributed by atoms with E-state index in [0.717, 1.165) is 25.7 Å². The number of hydrogen-bond donors (Lipinski definition) is 1. The largest absolute Gasteiger partial charge is 0.493 e. The van der Waals surface area contributed by atoms with Gasteiger partial charge in [-0.25, -0.2) is 8.42 Å². The molecule has 0 atom stereocenters. The van der Waals surface area contributed by atoms with Crippen LogP contribution >= 0.6 is 0 Å². The zero-order chi connectivity index (χ0) is 23.1. The molecule has 2 aromatic carbocycles. The van der Waals surface area contributed by atoms with Gasteiger partial charge in [-0.2, -0.15) is 4.31 Å². The van der Waals surface area contributed by atoms with Crippen molar-refractivity contribution in [1.82, 2.24) is 4.31 Å². The number of hydrogen-bond acceptors (Lipinski definition) is 6. The maximum Gasteiger partial charge on any atom is 0.262 e. The number of ether oxygens (including phenoxy) is 2. The summed E-state index contributed by atoms with van der Waals surface area (Å²) >= 11 is 0. The van der Waals surface area contributed by atoms with Gasteiger partial charge >= 0.3 is 0 Å². The lowest BCUT2D eigenvalue weighted by Crippen LogP contribution is -2.32. The quantitative estimate of drug-likeness (QED) is 0.606. The monoisotopic (exact) mass is 460 g/mol. The van der Waals surface area contributed by atoms with Gasteiger partial charge in [-0.15, -0.1) is 0 Å². The maximum atomic E-state index is 13.2. The van der Waals surface area contributed by atoms with Crippen LogP contribution in [0.2, 0.25) is 0 Å². The van der Waals surface area contributed by atoms with E-state index >= 15 is 0 Å². The molecule has 2 aromatic rings. The Morgan fingerprint density at radius 1 is 1.06 bits per heavy atom. The standard InChI is InChI=1S/C23H28N2O6S/c1-17-7-9-19(14-22(17)32(28,29)25-11-5-3-4-6-12-25)24-23(27)16-31-21-13-18(15-26)8-10-20(21)30-2/h7-10,13-15H,3-6,11-12,16H2,1-2H3,(H,24,27). The number of nitrogens with zero attached hydrogens (tertiary/aromatic N) is 1. The van der Waals surface area contributed by atoms with Gasteiger partial charge in [0.05, 0.1) is 12.0 Å². The molecule has 9 heteroatoms. The highest BCUT2D eigenvalue weighted by Crippen LogP contribution is 2.28. The van der Waals surface area contributed by atoms with Crippen molar-refractivity contribution in [3.05, 3.63) is 47.5 Å². The summed E-state index contributed by atoms with van der Waals surface area (Å²) in [6.45, 7) is 2.42. The van der Waals surface area contributed by atoms with Crippen LogP contribution < -0.4 is 14.8 Å². The molecule has 0 unspecified atom stereocenters. The molecule has 0 aromatic heterocycles. The van der Waals surface area contributed by atoms with Gasteiger partial charge in [-0.05, 0) is 55.7 Å². The second-order valence-electron chi connectivity index (χ2n) is 7.66. The summed E-state index contributed by atoms with van der Waals surface area (Å²) in [5.41, 5.74) is 1.38. The lowest BCUT2D eigenvalue weighted by atomic mass is 10.2. The minimum Gasteiger partial charge on any atom is -0.493 e. The summed E-state index contributed by atoms with van der Waals surface area (Å²) in [4.78, 5) is 23.6. The third-order valence-corrected chi connectivity index (χ3v) is 7.38. The highest BCUT2D eigenvalue weighted by molar-refractivity contribution is 7.89. The van der Waals surface area contributed by atoms with Crippen molar-refractivity contribution in [2.45, 2.75) is 37.5 Å². The molecule has 1 fully saturated rings. The SMILES string of the molecule is COc1ccc(C=O)cc1OCC(=O)Nc1ccc(C)c(S(=O)(=O)N2CCCCCC2)c1. The summed E-state index contributed by atoms with van der Waals surface area (Å²) in [6.07, 6.45) is 4.43. The molecule has 1 aliphatic rings. The fourth-order valence-electron chi connectivity index (χ4n) is 3.60. The van der Waals surface area contributed by atoms with Crippen LogP contribution in [-0.4, -0.2) is 51.7 Å². The Morgan fingerprint density at radius 3 is 2.44 bits per heavy atom. The molecule has 0 saturated carbocycles. The fourth-order valence-corrected chi connectivity index (χ4v) is 5.36. The number of amides is 1. The molecule has 32 heavy (non-hydrogen) atoms. The van der Waals surface area contributed by atoms with Crippen LogP contribution in [0.25, 0.3) is 0 Å². The van der Waals surface area contributed by atoms with Gasteiger partial charge in [0.25, 0.3) is 5.91 Å². The second kappa shape index (κ2) is 10.6. The van der Waals surface area contributed by atoms with Gasteiger partial charge in [0.2, 0.25) is 10.0 Å². The second-order valence-corrected chi connectivity index (χ2v) is 9.57. The average molecular weight is 461 g/mol. The molecule has 8 nitrogen and oxygen atoms in total. The van der Waals surface area contributed by atoms with E-state index in [-0.39, 0.29) is 17.3 Å².